The Morgan fingerprint density at radius 1 is 1.19 bits per heavy atom. The zero-order valence-electron chi connectivity index (χ0n) is 11.2. The topological polar surface area (TPSA) is 88.0 Å². The van der Waals surface area contributed by atoms with Gasteiger partial charge in [0.2, 0.25) is 0 Å². The molecule has 0 unspecified atom stereocenters. The fourth-order valence-electron chi connectivity index (χ4n) is 1.60. The average Bonchev–Trinajstić information content (AvgIpc) is 2.49. The van der Waals surface area contributed by atoms with E-state index in [2.05, 4.69) is 9.93 Å². The lowest BCUT2D eigenvalue weighted by Crippen LogP contribution is -2.18. The number of hydrazone groups is 1. The fraction of sp³-hybridized carbons (Fsp3) is 0.0714. The van der Waals surface area contributed by atoms with Gasteiger partial charge in [-0.3, -0.25) is 0 Å². The Bertz CT molecular complexity index is 743. The highest BCUT2D eigenvalue weighted by atomic mass is 32.2. The van der Waals surface area contributed by atoms with E-state index < -0.39 is 10.0 Å². The van der Waals surface area contributed by atoms with E-state index in [4.69, 9.17) is 4.74 Å². The number of aromatic hydroxyl groups is 1. The van der Waals surface area contributed by atoms with Crippen molar-refractivity contribution in [2.24, 2.45) is 5.10 Å². The summed E-state index contributed by atoms with van der Waals surface area (Å²) < 4.78 is 28.8. The molecule has 2 aromatic carbocycles. The first-order valence-corrected chi connectivity index (χ1v) is 7.48. The molecule has 2 N–H and O–H groups in total. The summed E-state index contributed by atoms with van der Waals surface area (Å²) in [7, 11) is -2.26. The minimum absolute atomic E-state index is 0.000448. The van der Waals surface area contributed by atoms with Crippen LogP contribution in [0.25, 0.3) is 0 Å². The van der Waals surface area contributed by atoms with E-state index in [0.717, 1.165) is 0 Å². The first-order chi connectivity index (χ1) is 10.0. The van der Waals surface area contributed by atoms with Crippen LogP contribution in [0, 0.1) is 0 Å². The van der Waals surface area contributed by atoms with Crippen LogP contribution in [0.5, 0.6) is 11.5 Å². The molecule has 0 aromatic heterocycles. The summed E-state index contributed by atoms with van der Waals surface area (Å²) in [5, 5.41) is 13.2. The molecule has 110 valence electrons. The van der Waals surface area contributed by atoms with Crippen molar-refractivity contribution in [1.82, 2.24) is 4.83 Å². The van der Waals surface area contributed by atoms with Gasteiger partial charge in [0.05, 0.1) is 18.2 Å². The minimum atomic E-state index is -3.68. The van der Waals surface area contributed by atoms with Crippen LogP contribution in [0.1, 0.15) is 5.56 Å². The van der Waals surface area contributed by atoms with E-state index in [1.807, 2.05) is 0 Å². The maximum absolute atomic E-state index is 11.9. The van der Waals surface area contributed by atoms with Crippen LogP contribution in [-0.4, -0.2) is 26.8 Å². The van der Waals surface area contributed by atoms with Crippen molar-refractivity contribution in [2.75, 3.05) is 7.11 Å². The predicted octanol–water partition coefficient (Wildman–Crippen LogP) is 1.71. The molecular formula is C14H14N2O4S. The first kappa shape index (κ1) is 14.9. The quantitative estimate of drug-likeness (QED) is 0.650. The third-order valence-electron chi connectivity index (χ3n) is 2.64. The third kappa shape index (κ3) is 3.73. The van der Waals surface area contributed by atoms with Crippen LogP contribution >= 0.6 is 0 Å². The second-order valence-electron chi connectivity index (χ2n) is 4.10. The minimum Gasteiger partial charge on any atom is -0.504 e. The summed E-state index contributed by atoms with van der Waals surface area (Å²) in [5.41, 5.74) is 0.584. The Morgan fingerprint density at radius 2 is 1.90 bits per heavy atom. The number of hydrogen-bond acceptors (Lipinski definition) is 5. The molecule has 0 bridgehead atoms. The van der Waals surface area contributed by atoms with Crippen molar-refractivity contribution in [3.05, 3.63) is 54.1 Å². The van der Waals surface area contributed by atoms with Crippen LogP contribution in [0.2, 0.25) is 0 Å². The zero-order valence-corrected chi connectivity index (χ0v) is 12.0. The van der Waals surface area contributed by atoms with Gasteiger partial charge in [-0.05, 0) is 35.9 Å². The Hall–Kier alpha value is -2.54. The van der Waals surface area contributed by atoms with Crippen LogP contribution in [0.4, 0.5) is 0 Å². The van der Waals surface area contributed by atoms with Crippen molar-refractivity contribution in [3.8, 4) is 11.5 Å². The molecule has 2 rings (SSSR count). The van der Waals surface area contributed by atoms with Crippen molar-refractivity contribution < 1.29 is 18.3 Å². The Balaban J connectivity index is 2.12. The standard InChI is InChI=1S/C14H14N2O4S/c1-20-14-9-11(7-8-13(14)17)10-15-16-21(18,19)12-5-3-2-4-6-12/h2-10,16-17H,1H3. The largest absolute Gasteiger partial charge is 0.504 e. The van der Waals surface area contributed by atoms with E-state index in [1.165, 1.54) is 37.6 Å². The Kier molecular flexibility index (Phi) is 4.44. The van der Waals surface area contributed by atoms with Crippen LogP contribution in [0.15, 0.2) is 58.5 Å². The molecule has 7 heteroatoms. The monoisotopic (exact) mass is 306 g/mol. The predicted molar refractivity (Wildman–Crippen MR) is 79.0 cm³/mol. The van der Waals surface area contributed by atoms with E-state index in [-0.39, 0.29) is 16.4 Å². The van der Waals surface area contributed by atoms with Crippen molar-refractivity contribution >= 4 is 16.2 Å². The van der Waals surface area contributed by atoms with Crippen molar-refractivity contribution in [3.63, 3.8) is 0 Å². The molecule has 2 aromatic rings. The van der Waals surface area contributed by atoms with Gasteiger partial charge in [0.25, 0.3) is 10.0 Å². The van der Waals surface area contributed by atoms with Crippen molar-refractivity contribution in [1.29, 1.82) is 0 Å². The van der Waals surface area contributed by atoms with E-state index in [1.54, 1.807) is 24.3 Å². The number of phenolic OH excluding ortho intramolecular Hbond substituents is 1. The summed E-state index contributed by atoms with van der Waals surface area (Å²) in [6, 6.07) is 12.5. The maximum Gasteiger partial charge on any atom is 0.276 e. The molecule has 0 saturated carbocycles. The molecule has 0 atom stereocenters. The highest BCUT2D eigenvalue weighted by molar-refractivity contribution is 7.89. The van der Waals surface area contributed by atoms with E-state index >= 15 is 0 Å². The van der Waals surface area contributed by atoms with Gasteiger partial charge in [-0.25, -0.2) is 4.83 Å². The van der Waals surface area contributed by atoms with Crippen molar-refractivity contribution in [2.45, 2.75) is 4.90 Å². The molecule has 0 aliphatic heterocycles. The molecule has 0 saturated heterocycles. The van der Waals surface area contributed by atoms with Crippen LogP contribution < -0.4 is 9.57 Å². The zero-order chi connectivity index (χ0) is 15.3. The molecule has 0 fully saturated rings. The lowest BCUT2D eigenvalue weighted by molar-refractivity contribution is 0.373. The molecule has 0 heterocycles. The number of ether oxygens (including phenoxy) is 1. The number of methoxy groups -OCH3 is 1. The number of hydrogen-bond donors (Lipinski definition) is 2. The summed E-state index contributed by atoms with van der Waals surface area (Å²) in [6.07, 6.45) is 1.32. The highest BCUT2D eigenvalue weighted by Gasteiger charge is 2.11. The molecule has 21 heavy (non-hydrogen) atoms. The lowest BCUT2D eigenvalue weighted by Gasteiger charge is -2.04. The van der Waals surface area contributed by atoms with E-state index in [0.29, 0.717) is 5.56 Å². The van der Waals surface area contributed by atoms with Gasteiger partial charge in [0, 0.05) is 0 Å². The van der Waals surface area contributed by atoms with Gasteiger partial charge in [0.1, 0.15) is 0 Å². The normalized spacial score (nSPS) is 11.5. The number of nitrogens with one attached hydrogen (secondary N) is 1. The van der Waals surface area contributed by atoms with Crippen LogP contribution in [0.3, 0.4) is 0 Å². The van der Waals surface area contributed by atoms with Gasteiger partial charge in [-0.15, -0.1) is 0 Å². The summed E-state index contributed by atoms with van der Waals surface area (Å²) in [4.78, 5) is 2.24. The van der Waals surface area contributed by atoms with Crippen LogP contribution in [-0.2, 0) is 10.0 Å². The number of sulfonamides is 1. The maximum atomic E-state index is 11.9. The number of nitrogens with zero attached hydrogens (tertiary/aromatic N) is 1. The Labute approximate surface area is 122 Å². The second kappa shape index (κ2) is 6.27. The molecule has 0 spiro atoms. The summed E-state index contributed by atoms with van der Waals surface area (Å²) in [6.45, 7) is 0. The molecule has 0 amide bonds. The second-order valence-corrected chi connectivity index (χ2v) is 5.76. The fourth-order valence-corrected chi connectivity index (χ4v) is 2.41. The van der Waals surface area contributed by atoms with Gasteiger partial charge in [-0.1, -0.05) is 18.2 Å². The molecule has 0 aliphatic rings. The average molecular weight is 306 g/mol. The Morgan fingerprint density at radius 3 is 2.57 bits per heavy atom. The smallest absolute Gasteiger partial charge is 0.276 e. The van der Waals surface area contributed by atoms with Gasteiger partial charge in [-0.2, -0.15) is 13.5 Å². The number of phenols is 1. The summed E-state index contributed by atoms with van der Waals surface area (Å²) >= 11 is 0. The molecule has 6 nitrogen and oxygen atoms in total. The number of benzene rings is 2. The van der Waals surface area contributed by atoms with Gasteiger partial charge < -0.3 is 9.84 Å². The molecule has 0 radical (unpaired) electrons. The molecular weight excluding hydrogens is 292 g/mol. The third-order valence-corrected chi connectivity index (χ3v) is 3.88. The molecule has 0 aliphatic carbocycles. The first-order valence-electron chi connectivity index (χ1n) is 6.00. The highest BCUT2D eigenvalue weighted by Crippen LogP contribution is 2.25. The SMILES string of the molecule is COc1cc(C=NNS(=O)(=O)c2ccccc2)ccc1O. The van der Waals surface area contributed by atoms with Gasteiger partial charge in [0.15, 0.2) is 11.5 Å². The number of rotatable bonds is 5. The summed E-state index contributed by atoms with van der Waals surface area (Å²) in [5.74, 6) is 0.282. The van der Waals surface area contributed by atoms with E-state index in [9.17, 15) is 13.5 Å². The van der Waals surface area contributed by atoms with Gasteiger partial charge >= 0.3 is 0 Å². The lowest BCUT2D eigenvalue weighted by atomic mass is 10.2.